The molecule has 12 aromatic carbocycles. The van der Waals surface area contributed by atoms with Gasteiger partial charge in [-0.25, -0.2) is 0 Å². The van der Waals surface area contributed by atoms with Gasteiger partial charge in [0.25, 0.3) is 0 Å². The van der Waals surface area contributed by atoms with Crippen molar-refractivity contribution in [2.45, 2.75) is 0 Å². The molecule has 0 amide bonds. The molecule has 356 valence electrons. The number of hydrogen-bond acceptors (Lipinski definition) is 0. The third-order valence-electron chi connectivity index (χ3n) is 16.5. The van der Waals surface area contributed by atoms with Crippen LogP contribution in [0.5, 0.6) is 0 Å². The number of nitrogens with zero attached hydrogens (tertiary/aromatic N) is 2. The summed E-state index contributed by atoms with van der Waals surface area (Å²) in [7, 11) is -5.52. The van der Waals surface area contributed by atoms with Crippen molar-refractivity contribution in [2.75, 3.05) is 0 Å². The molecule has 2 aromatic heterocycles. The fraction of sp³-hybridized carbons (Fsp3) is 0. The van der Waals surface area contributed by atoms with Gasteiger partial charge in [0.1, 0.15) is 0 Å². The van der Waals surface area contributed by atoms with E-state index in [9.17, 15) is 0 Å². The van der Waals surface area contributed by atoms with Gasteiger partial charge in [-0.05, 0) is 101 Å². The zero-order valence-electron chi connectivity index (χ0n) is 41.8. The van der Waals surface area contributed by atoms with Gasteiger partial charge >= 0.3 is 0 Å². The van der Waals surface area contributed by atoms with Gasteiger partial charge in [-0.2, -0.15) is 0 Å². The van der Waals surface area contributed by atoms with Crippen molar-refractivity contribution in [3.63, 3.8) is 0 Å². The lowest BCUT2D eigenvalue weighted by molar-refractivity contribution is 1.17. The van der Waals surface area contributed by atoms with Crippen molar-refractivity contribution < 1.29 is 0 Å². The molecule has 0 fully saturated rings. The van der Waals surface area contributed by atoms with Crippen LogP contribution >= 0.6 is 0 Å². The van der Waals surface area contributed by atoms with Crippen LogP contribution in [0.1, 0.15) is 0 Å². The van der Waals surface area contributed by atoms with Crippen molar-refractivity contribution in [1.82, 2.24) is 9.13 Å². The first-order valence-electron chi connectivity index (χ1n) is 26.4. The summed E-state index contributed by atoms with van der Waals surface area (Å²) in [5, 5.41) is 16.1. The highest BCUT2D eigenvalue weighted by atomic mass is 28.3. The highest BCUT2D eigenvalue weighted by molar-refractivity contribution is 7.22. The molecule has 1 aliphatic heterocycles. The molecule has 4 heteroatoms. The lowest BCUT2D eigenvalue weighted by atomic mass is 9.93. The van der Waals surface area contributed by atoms with Crippen LogP contribution in [0.15, 0.2) is 303 Å². The van der Waals surface area contributed by atoms with E-state index in [-0.39, 0.29) is 0 Å². The average molecular weight is 999 g/mol. The molecule has 0 bridgehead atoms. The number of benzene rings is 12. The van der Waals surface area contributed by atoms with Gasteiger partial charge < -0.3 is 9.13 Å². The molecule has 0 saturated heterocycles. The molecule has 2 nitrogen and oxygen atoms in total. The Morgan fingerprint density at radius 3 is 1.34 bits per heavy atom. The zero-order chi connectivity index (χ0) is 50.2. The van der Waals surface area contributed by atoms with Crippen LogP contribution in [0.25, 0.3) is 77.2 Å². The molecule has 15 rings (SSSR count). The van der Waals surface area contributed by atoms with Crippen molar-refractivity contribution in [1.29, 1.82) is 0 Å². The number of para-hydroxylation sites is 3. The fourth-order valence-corrected chi connectivity index (χ4v) is 23.5. The summed E-state index contributed by atoms with van der Waals surface area (Å²) in [6.07, 6.45) is 0. The predicted octanol–water partition coefficient (Wildman–Crippen LogP) is 12.3. The highest BCUT2D eigenvalue weighted by Crippen LogP contribution is 2.44. The van der Waals surface area contributed by atoms with Crippen LogP contribution in [0.2, 0.25) is 0 Å². The van der Waals surface area contributed by atoms with Gasteiger partial charge in [-0.1, -0.05) is 261 Å². The Hall–Kier alpha value is -9.33. The molecule has 0 N–H and O–H groups in total. The van der Waals surface area contributed by atoms with Crippen molar-refractivity contribution in [3.8, 4) is 33.6 Å². The second-order valence-corrected chi connectivity index (χ2v) is 27.8. The number of fused-ring (bicyclic) bond motifs is 9. The second kappa shape index (κ2) is 17.7. The first kappa shape index (κ1) is 44.2. The van der Waals surface area contributed by atoms with Crippen LogP contribution in [0.4, 0.5) is 0 Å². The topological polar surface area (TPSA) is 9.86 Å². The number of aromatic nitrogens is 2. The largest absolute Gasteiger partial charge is 0.309 e. The van der Waals surface area contributed by atoms with E-state index in [1.807, 2.05) is 0 Å². The van der Waals surface area contributed by atoms with Crippen molar-refractivity contribution in [2.24, 2.45) is 0 Å². The molecular formula is C72H50N2Si2. The molecule has 0 saturated carbocycles. The van der Waals surface area contributed by atoms with Crippen LogP contribution in [0, 0.1) is 0 Å². The molecule has 14 aromatic rings. The average Bonchev–Trinajstić information content (AvgIpc) is 4.19. The lowest BCUT2D eigenvalue weighted by Gasteiger charge is -2.34. The number of hydrogen-bond donors (Lipinski definition) is 0. The monoisotopic (exact) mass is 998 g/mol. The smallest absolute Gasteiger partial charge is 0.180 e. The minimum Gasteiger partial charge on any atom is -0.309 e. The molecule has 3 heterocycles. The maximum Gasteiger partial charge on any atom is 0.180 e. The van der Waals surface area contributed by atoms with Crippen LogP contribution in [-0.4, -0.2) is 25.3 Å². The van der Waals surface area contributed by atoms with Gasteiger partial charge in [0.2, 0.25) is 0 Å². The third-order valence-corrected chi connectivity index (χ3v) is 26.2. The van der Waals surface area contributed by atoms with E-state index in [2.05, 4.69) is 312 Å². The molecule has 0 radical (unpaired) electrons. The van der Waals surface area contributed by atoms with E-state index in [4.69, 9.17) is 0 Å². The minimum atomic E-state index is -2.79. The molecule has 0 aliphatic carbocycles. The predicted molar refractivity (Wildman–Crippen MR) is 327 cm³/mol. The summed E-state index contributed by atoms with van der Waals surface area (Å²) in [5.41, 5.74) is 12.2. The summed E-state index contributed by atoms with van der Waals surface area (Å²) in [4.78, 5) is 0. The van der Waals surface area contributed by atoms with Crippen LogP contribution < -0.4 is 41.5 Å². The molecule has 0 unspecified atom stereocenters. The van der Waals surface area contributed by atoms with Crippen molar-refractivity contribution >= 4 is 101 Å². The summed E-state index contributed by atoms with van der Waals surface area (Å²) in [6, 6.07) is 114. The fourth-order valence-electron chi connectivity index (χ4n) is 13.5. The van der Waals surface area contributed by atoms with E-state index in [0.29, 0.717) is 0 Å². The molecule has 1 aliphatic rings. The minimum absolute atomic E-state index is 1.14. The van der Waals surface area contributed by atoms with E-state index in [1.54, 1.807) is 0 Å². The standard InChI is InChI=1S/C72H50N2Si2/c1-6-26-53(27-7-1)75(54-28-8-2-9-29-54,55-30-10-3-11-31-55)58-36-22-25-51(49-58)73-66-43-19-17-38-60(66)65-50-52(47-48-68(65)73)74-67-44-20-16-37-59(67)62-41-23-42-63(72(62)74)61-40-24-46-70-71(61)64-39-18-21-45-69(64)76(70,56-32-12-4-13-33-56)57-34-14-5-15-35-57/h1-50H. The molecular weight excluding hydrogens is 949 g/mol. The maximum absolute atomic E-state index is 2.79. The Morgan fingerprint density at radius 2 is 0.697 bits per heavy atom. The first-order valence-corrected chi connectivity index (χ1v) is 30.4. The van der Waals surface area contributed by atoms with E-state index < -0.39 is 16.1 Å². The summed E-state index contributed by atoms with van der Waals surface area (Å²) in [5.74, 6) is 0. The first-order chi connectivity index (χ1) is 37.7. The Balaban J connectivity index is 0.960. The van der Waals surface area contributed by atoms with Crippen LogP contribution in [-0.2, 0) is 0 Å². The van der Waals surface area contributed by atoms with Gasteiger partial charge in [-0.15, -0.1) is 0 Å². The highest BCUT2D eigenvalue weighted by Gasteiger charge is 2.49. The Kier molecular flexibility index (Phi) is 10.3. The summed E-state index contributed by atoms with van der Waals surface area (Å²) in [6.45, 7) is 0. The Bertz CT molecular complexity index is 4370. The normalized spacial score (nSPS) is 12.8. The van der Waals surface area contributed by atoms with Gasteiger partial charge in [0.15, 0.2) is 16.1 Å². The summed E-state index contributed by atoms with van der Waals surface area (Å²) < 4.78 is 5.04. The lowest BCUT2D eigenvalue weighted by Crippen LogP contribution is -2.74. The molecule has 0 spiro atoms. The van der Waals surface area contributed by atoms with E-state index >= 15 is 0 Å². The second-order valence-electron chi connectivity index (χ2n) is 20.3. The quantitative estimate of drug-likeness (QED) is 0.101. The van der Waals surface area contributed by atoms with Gasteiger partial charge in [0.05, 0.1) is 22.1 Å². The van der Waals surface area contributed by atoms with E-state index in [1.165, 1.54) is 107 Å². The number of rotatable bonds is 9. The van der Waals surface area contributed by atoms with Gasteiger partial charge in [0, 0.05) is 38.5 Å². The molecule has 0 atom stereocenters. The Morgan fingerprint density at radius 1 is 0.263 bits per heavy atom. The van der Waals surface area contributed by atoms with Crippen LogP contribution in [0.3, 0.4) is 0 Å². The third kappa shape index (κ3) is 6.38. The van der Waals surface area contributed by atoms with E-state index in [0.717, 1.165) is 11.4 Å². The summed E-state index contributed by atoms with van der Waals surface area (Å²) >= 11 is 0. The Labute approximate surface area is 444 Å². The zero-order valence-corrected chi connectivity index (χ0v) is 43.8. The van der Waals surface area contributed by atoms with Gasteiger partial charge in [-0.3, -0.25) is 0 Å². The maximum atomic E-state index is 2.55. The SMILES string of the molecule is c1ccc([Si](c2ccccc2)(c2ccccc2)c2cccc(-n3c4ccccc4c4cc(-n5c6ccccc6c6cccc(-c7cccc8c7-c7ccccc7[Si]8(c7ccccc7)c7ccccc7)c65)ccc43)c2)cc1. The van der Waals surface area contributed by atoms with Crippen molar-refractivity contribution in [3.05, 3.63) is 303 Å². The molecule has 76 heavy (non-hydrogen) atoms.